The Morgan fingerprint density at radius 1 is 1.06 bits per heavy atom. The zero-order valence-electron chi connectivity index (χ0n) is 8.03. The molecule has 0 amide bonds. The van der Waals surface area contributed by atoms with E-state index in [1.807, 2.05) is 0 Å². The summed E-state index contributed by atoms with van der Waals surface area (Å²) < 4.78 is 71.9. The first kappa shape index (κ1) is 16.4. The van der Waals surface area contributed by atoms with Gasteiger partial charge in [-0.15, -0.1) is 5.46 Å². The normalized spacial score (nSPS) is 11.8. The van der Waals surface area contributed by atoms with Gasteiger partial charge in [-0.05, 0) is 12.1 Å². The van der Waals surface area contributed by atoms with E-state index in [-0.39, 0.29) is 51.4 Å². The van der Waals surface area contributed by atoms with E-state index in [1.165, 1.54) is 0 Å². The van der Waals surface area contributed by atoms with Gasteiger partial charge in [-0.3, -0.25) is 0 Å². The average molecular weight is 282 g/mol. The molecule has 0 spiro atoms. The summed E-state index contributed by atoms with van der Waals surface area (Å²) in [4.78, 5) is 0. The molecule has 0 aliphatic heterocycles. The summed E-state index contributed by atoms with van der Waals surface area (Å²) in [7, 11) is -5.20. The minimum absolute atomic E-state index is 0. The van der Waals surface area contributed by atoms with Crippen molar-refractivity contribution in [2.75, 3.05) is 0 Å². The number of benzene rings is 1. The number of halogens is 4. The summed E-state index contributed by atoms with van der Waals surface area (Å²) in [5.41, 5.74) is -0.918. The summed E-state index contributed by atoms with van der Waals surface area (Å²) in [5.74, 6) is -0.513. The molecule has 10 heteroatoms. The summed E-state index contributed by atoms with van der Waals surface area (Å²) in [6.07, 6.45) is 0. The van der Waals surface area contributed by atoms with Crippen molar-refractivity contribution in [2.24, 2.45) is 0 Å². The van der Waals surface area contributed by atoms with Gasteiger partial charge in [0.1, 0.15) is 5.75 Å². The maximum Gasteiger partial charge on any atom is 1.00 e. The Kier molecular flexibility index (Phi) is 5.97. The molecule has 1 aromatic rings. The van der Waals surface area contributed by atoms with Gasteiger partial charge in [0.05, 0.1) is 0 Å². The predicted octanol–water partition coefficient (Wildman–Crippen LogP) is -1.66. The van der Waals surface area contributed by atoms with Gasteiger partial charge in [0.2, 0.25) is 0 Å². The fraction of sp³-hybridized carbons (Fsp3) is 0. The molecule has 16 heavy (non-hydrogen) atoms. The molecule has 0 heterocycles. The molecule has 0 N–H and O–H groups in total. The van der Waals surface area contributed by atoms with E-state index >= 15 is 0 Å². The number of rotatable bonds is 3. The fourth-order valence-electron chi connectivity index (χ4n) is 0.857. The van der Waals surface area contributed by atoms with Crippen molar-refractivity contribution in [2.45, 2.75) is 0 Å². The smallest absolute Gasteiger partial charge is 0.445 e. The Balaban J connectivity index is 0.00000225. The molecule has 0 bridgehead atoms. The van der Waals surface area contributed by atoms with Crippen LogP contribution in [-0.4, -0.2) is 15.4 Å². The van der Waals surface area contributed by atoms with Crippen molar-refractivity contribution in [3.05, 3.63) is 24.3 Å². The summed E-state index contributed by atoms with van der Waals surface area (Å²) >= 11 is 0. The van der Waals surface area contributed by atoms with Gasteiger partial charge in [-0.1, -0.05) is 16.0 Å². The third-order valence-corrected chi connectivity index (χ3v) is 1.85. The van der Waals surface area contributed by atoms with Crippen LogP contribution in [0, 0.1) is 0 Å². The molecule has 1 rings (SSSR count). The molecule has 0 aliphatic carbocycles. The quantitative estimate of drug-likeness (QED) is 0.378. The monoisotopic (exact) mass is 282 g/mol. The average Bonchev–Trinajstić information content (AvgIpc) is 2.00. The number of hydrogen-bond acceptors (Lipinski definition) is 3. The Hall–Kier alpha value is 0.391. The van der Waals surface area contributed by atoms with Crippen LogP contribution in [0.25, 0.3) is 0 Å². The molecule has 0 aromatic heterocycles. The van der Waals surface area contributed by atoms with Gasteiger partial charge in [0.25, 0.3) is 0 Å². The Morgan fingerprint density at radius 3 is 1.81 bits per heavy atom. The minimum atomic E-state index is -5.20. The van der Waals surface area contributed by atoms with Crippen LogP contribution in [0.1, 0.15) is 0 Å². The largest absolute Gasteiger partial charge is 1.00 e. The molecule has 0 radical (unpaired) electrons. The van der Waals surface area contributed by atoms with E-state index < -0.39 is 28.7 Å². The Bertz CT molecular complexity index is 444. The van der Waals surface area contributed by atoms with Gasteiger partial charge in [0, 0.05) is 0 Å². The van der Waals surface area contributed by atoms with E-state index in [0.717, 1.165) is 12.1 Å². The van der Waals surface area contributed by atoms with Crippen LogP contribution >= 0.6 is 0 Å². The first-order valence-electron chi connectivity index (χ1n) is 3.62. The molecular weight excluding hydrogens is 278 g/mol. The molecule has 0 saturated carbocycles. The second-order valence-electron chi connectivity index (χ2n) is 2.62. The van der Waals surface area contributed by atoms with Crippen molar-refractivity contribution >= 4 is 22.9 Å². The maximum absolute atomic E-state index is 12.1. The minimum Gasteiger partial charge on any atom is -0.445 e. The van der Waals surface area contributed by atoms with Crippen molar-refractivity contribution in [1.82, 2.24) is 0 Å². The van der Waals surface area contributed by atoms with Crippen molar-refractivity contribution in [3.63, 3.8) is 0 Å². The van der Waals surface area contributed by atoms with Gasteiger partial charge in [-0.25, -0.2) is 0 Å². The van der Waals surface area contributed by atoms with E-state index in [2.05, 4.69) is 4.18 Å². The molecule has 0 atom stereocenters. The third kappa shape index (κ3) is 5.64. The number of hydrogen-bond donors (Lipinski definition) is 0. The summed E-state index contributed by atoms with van der Waals surface area (Å²) in [6, 6.07) is 2.67. The van der Waals surface area contributed by atoms with E-state index in [9.17, 15) is 25.3 Å². The van der Waals surface area contributed by atoms with Crippen LogP contribution in [0.3, 0.4) is 0 Å². The standard InChI is InChI=1S/C6H4BF4O3S.K/c8-7(9,10)5-1-3-6(4-2-5)14-15(11,12)13;/h1-4H;/q-1;+1. The van der Waals surface area contributed by atoms with Crippen LogP contribution < -0.4 is 61.0 Å². The van der Waals surface area contributed by atoms with E-state index in [1.54, 1.807) is 0 Å². The molecule has 0 saturated heterocycles. The molecule has 84 valence electrons. The van der Waals surface area contributed by atoms with Crippen LogP contribution in [0.5, 0.6) is 5.75 Å². The van der Waals surface area contributed by atoms with Gasteiger partial charge in [0.15, 0.2) is 0 Å². The Labute approximate surface area is 132 Å². The maximum atomic E-state index is 12.1. The molecule has 0 aliphatic rings. The molecule has 1 aromatic carbocycles. The van der Waals surface area contributed by atoms with Gasteiger partial charge < -0.3 is 17.1 Å². The molecular formula is C6H4BF4KO3S. The van der Waals surface area contributed by atoms with Gasteiger partial charge in [-0.2, -0.15) is 8.42 Å². The zero-order chi connectivity index (χ0) is 11.7. The van der Waals surface area contributed by atoms with Crippen LogP contribution in [0.2, 0.25) is 0 Å². The summed E-state index contributed by atoms with van der Waals surface area (Å²) in [6.45, 7) is -5.16. The SMILES string of the molecule is O=S(=O)(F)Oc1ccc([B-](F)(F)F)cc1.[K+]. The van der Waals surface area contributed by atoms with Crippen molar-refractivity contribution in [1.29, 1.82) is 0 Å². The van der Waals surface area contributed by atoms with Crippen LogP contribution in [0.15, 0.2) is 24.3 Å². The van der Waals surface area contributed by atoms with E-state index in [4.69, 9.17) is 0 Å². The van der Waals surface area contributed by atoms with E-state index in [0.29, 0.717) is 12.1 Å². The second kappa shape index (κ2) is 5.83. The van der Waals surface area contributed by atoms with Crippen molar-refractivity contribution in [3.8, 4) is 5.75 Å². The second-order valence-corrected chi connectivity index (χ2v) is 3.57. The van der Waals surface area contributed by atoms with Crippen LogP contribution in [0.4, 0.5) is 16.8 Å². The third-order valence-electron chi connectivity index (χ3n) is 1.45. The first-order valence-corrected chi connectivity index (χ1v) is 4.93. The zero-order valence-corrected chi connectivity index (χ0v) is 12.0. The predicted molar refractivity (Wildman–Crippen MR) is 45.8 cm³/mol. The van der Waals surface area contributed by atoms with Gasteiger partial charge >= 0.3 is 68.9 Å². The fourth-order valence-corrected chi connectivity index (χ4v) is 1.20. The topological polar surface area (TPSA) is 43.4 Å². The summed E-state index contributed by atoms with van der Waals surface area (Å²) in [5, 5.41) is 0. The Morgan fingerprint density at radius 2 is 1.50 bits per heavy atom. The molecule has 0 fully saturated rings. The van der Waals surface area contributed by atoms with Crippen LogP contribution in [-0.2, 0) is 10.5 Å². The molecule has 3 nitrogen and oxygen atoms in total. The first-order chi connectivity index (χ1) is 6.68. The molecule has 0 unspecified atom stereocenters. The van der Waals surface area contributed by atoms with Crippen molar-refractivity contribution < 1.29 is 80.8 Å².